The number of methoxy groups -OCH3 is 2. The minimum absolute atomic E-state index is 0.0398. The lowest BCUT2D eigenvalue weighted by molar-refractivity contribution is -0.119. The zero-order valence-electron chi connectivity index (χ0n) is 15.4. The van der Waals surface area contributed by atoms with Crippen molar-refractivity contribution in [2.24, 2.45) is 0 Å². The second-order valence-electron chi connectivity index (χ2n) is 5.85. The number of nitrogens with one attached hydrogen (secondary N) is 2. The molecule has 0 heterocycles. The van der Waals surface area contributed by atoms with E-state index >= 15 is 0 Å². The zero-order valence-corrected chi connectivity index (χ0v) is 16.2. The minimum atomic E-state index is -0.267. The number of hydrogen-bond donors (Lipinski definition) is 2. The van der Waals surface area contributed by atoms with Gasteiger partial charge in [-0.2, -0.15) is 0 Å². The van der Waals surface area contributed by atoms with Crippen LogP contribution in [-0.4, -0.2) is 51.1 Å². The second kappa shape index (κ2) is 9.80. The first-order valence-corrected chi connectivity index (χ1v) is 8.55. The average Bonchev–Trinajstić information content (AvgIpc) is 2.61. The molecule has 7 nitrogen and oxygen atoms in total. The summed E-state index contributed by atoms with van der Waals surface area (Å²) in [5, 5.41) is 6.04. The molecule has 144 valence electrons. The summed E-state index contributed by atoms with van der Waals surface area (Å²) in [7, 11) is 4.75. The van der Waals surface area contributed by atoms with Crippen LogP contribution in [0.2, 0.25) is 5.02 Å². The van der Waals surface area contributed by atoms with Crippen molar-refractivity contribution in [3.05, 3.63) is 47.5 Å². The van der Waals surface area contributed by atoms with Crippen LogP contribution in [-0.2, 0) is 9.59 Å². The maximum atomic E-state index is 12.2. The Morgan fingerprint density at radius 2 is 1.70 bits per heavy atom. The Balaban J connectivity index is 1.87. The molecule has 0 saturated carbocycles. The molecule has 8 heteroatoms. The van der Waals surface area contributed by atoms with Gasteiger partial charge in [0, 0.05) is 16.8 Å². The van der Waals surface area contributed by atoms with Gasteiger partial charge in [-0.1, -0.05) is 17.7 Å². The molecule has 0 aliphatic rings. The Labute approximate surface area is 163 Å². The van der Waals surface area contributed by atoms with Crippen LogP contribution in [0, 0.1) is 0 Å². The average molecular weight is 392 g/mol. The summed E-state index contributed by atoms with van der Waals surface area (Å²) in [6.07, 6.45) is 0. The van der Waals surface area contributed by atoms with Crippen LogP contribution in [0.5, 0.6) is 11.5 Å². The molecule has 2 aromatic carbocycles. The van der Waals surface area contributed by atoms with Crippen molar-refractivity contribution in [1.29, 1.82) is 0 Å². The van der Waals surface area contributed by atoms with E-state index in [0.29, 0.717) is 27.9 Å². The molecule has 0 radical (unpaired) electrons. The second-order valence-corrected chi connectivity index (χ2v) is 6.28. The van der Waals surface area contributed by atoms with E-state index in [-0.39, 0.29) is 24.9 Å². The van der Waals surface area contributed by atoms with E-state index in [2.05, 4.69) is 10.6 Å². The van der Waals surface area contributed by atoms with Gasteiger partial charge >= 0.3 is 0 Å². The molecular formula is C19H22ClN3O4. The molecule has 0 bridgehead atoms. The molecule has 0 unspecified atom stereocenters. The molecule has 0 aromatic heterocycles. The third kappa shape index (κ3) is 6.47. The summed E-state index contributed by atoms with van der Waals surface area (Å²) in [5.41, 5.74) is 1.13. The Morgan fingerprint density at radius 1 is 1.00 bits per heavy atom. The number of rotatable bonds is 8. The van der Waals surface area contributed by atoms with Gasteiger partial charge in [-0.3, -0.25) is 14.5 Å². The first-order valence-electron chi connectivity index (χ1n) is 8.17. The largest absolute Gasteiger partial charge is 0.497 e. The van der Waals surface area contributed by atoms with E-state index in [1.54, 1.807) is 61.5 Å². The third-order valence-electron chi connectivity index (χ3n) is 3.62. The molecule has 2 N–H and O–H groups in total. The van der Waals surface area contributed by atoms with Crippen molar-refractivity contribution < 1.29 is 19.1 Å². The van der Waals surface area contributed by atoms with Crippen LogP contribution in [0.15, 0.2) is 42.5 Å². The van der Waals surface area contributed by atoms with Gasteiger partial charge < -0.3 is 20.1 Å². The molecule has 0 aliphatic carbocycles. The highest BCUT2D eigenvalue weighted by Crippen LogP contribution is 2.28. The van der Waals surface area contributed by atoms with Gasteiger partial charge in [-0.15, -0.1) is 0 Å². The Bertz CT molecular complexity index is 813. The molecular weight excluding hydrogens is 370 g/mol. The number of carbonyl (C=O) groups excluding carboxylic acids is 2. The fraction of sp³-hybridized carbons (Fsp3) is 0.263. The number of carbonyl (C=O) groups is 2. The van der Waals surface area contributed by atoms with Crippen molar-refractivity contribution >= 4 is 34.8 Å². The smallest absolute Gasteiger partial charge is 0.238 e. The number of likely N-dealkylation sites (N-methyl/N-ethyl adjacent to an activating group) is 1. The van der Waals surface area contributed by atoms with Gasteiger partial charge in [0.25, 0.3) is 0 Å². The summed E-state index contributed by atoms with van der Waals surface area (Å²) in [4.78, 5) is 25.9. The van der Waals surface area contributed by atoms with Gasteiger partial charge in [0.15, 0.2) is 0 Å². The highest BCUT2D eigenvalue weighted by Gasteiger charge is 2.13. The number of anilines is 2. The lowest BCUT2D eigenvalue weighted by Gasteiger charge is -2.17. The van der Waals surface area contributed by atoms with Gasteiger partial charge in [0.2, 0.25) is 11.8 Å². The molecule has 2 amide bonds. The van der Waals surface area contributed by atoms with Crippen LogP contribution in [0.25, 0.3) is 0 Å². The number of ether oxygens (including phenoxy) is 2. The summed E-state index contributed by atoms with van der Waals surface area (Å²) in [5.74, 6) is 0.606. The number of halogens is 1. The number of benzene rings is 2. The van der Waals surface area contributed by atoms with Gasteiger partial charge in [0.05, 0.1) is 33.0 Å². The predicted octanol–water partition coefficient (Wildman–Crippen LogP) is 2.87. The first kappa shape index (κ1) is 20.5. The van der Waals surface area contributed by atoms with Crippen LogP contribution >= 0.6 is 11.6 Å². The predicted molar refractivity (Wildman–Crippen MR) is 106 cm³/mol. The minimum Gasteiger partial charge on any atom is -0.497 e. The maximum Gasteiger partial charge on any atom is 0.238 e. The van der Waals surface area contributed by atoms with Crippen molar-refractivity contribution in [2.75, 3.05) is 45.0 Å². The molecule has 27 heavy (non-hydrogen) atoms. The molecule has 0 saturated heterocycles. The summed E-state index contributed by atoms with van der Waals surface area (Å²) >= 11 is 5.89. The highest BCUT2D eigenvalue weighted by molar-refractivity contribution is 6.30. The Kier molecular flexibility index (Phi) is 7.45. The quantitative estimate of drug-likeness (QED) is 0.723. The molecule has 0 aliphatic heterocycles. The standard InChI is InChI=1S/C19H22ClN3O4/c1-23(11-18(24)21-14-6-4-5-13(20)9-14)12-19(25)22-16-8-7-15(26-2)10-17(16)27-3/h4-10H,11-12H2,1-3H3,(H,21,24)(H,22,25). The number of nitrogens with zero attached hydrogens (tertiary/aromatic N) is 1. The topological polar surface area (TPSA) is 79.9 Å². The summed E-state index contributed by atoms with van der Waals surface area (Å²) in [6.45, 7) is 0.0951. The number of hydrogen-bond acceptors (Lipinski definition) is 5. The normalized spacial score (nSPS) is 10.4. The van der Waals surface area contributed by atoms with Crippen molar-refractivity contribution in [3.63, 3.8) is 0 Å². The van der Waals surface area contributed by atoms with Crippen molar-refractivity contribution in [2.45, 2.75) is 0 Å². The van der Waals surface area contributed by atoms with Crippen LogP contribution < -0.4 is 20.1 Å². The molecule has 0 spiro atoms. The number of amides is 2. The summed E-state index contributed by atoms with van der Waals surface area (Å²) < 4.78 is 10.4. The van der Waals surface area contributed by atoms with E-state index < -0.39 is 0 Å². The lowest BCUT2D eigenvalue weighted by atomic mass is 10.2. The van der Waals surface area contributed by atoms with Crippen molar-refractivity contribution in [1.82, 2.24) is 4.90 Å². The third-order valence-corrected chi connectivity index (χ3v) is 3.85. The van der Waals surface area contributed by atoms with Gasteiger partial charge in [-0.05, 0) is 37.4 Å². The fourth-order valence-electron chi connectivity index (χ4n) is 2.40. The SMILES string of the molecule is COc1ccc(NC(=O)CN(C)CC(=O)Nc2cccc(Cl)c2)c(OC)c1. The summed E-state index contributed by atoms with van der Waals surface area (Å²) in [6, 6.07) is 12.0. The Hall–Kier alpha value is -2.77. The van der Waals surface area contributed by atoms with E-state index in [9.17, 15) is 9.59 Å². The first-order chi connectivity index (χ1) is 12.9. The van der Waals surface area contributed by atoms with Crippen molar-refractivity contribution in [3.8, 4) is 11.5 Å². The molecule has 0 atom stereocenters. The van der Waals surface area contributed by atoms with E-state index in [0.717, 1.165) is 0 Å². The molecule has 0 fully saturated rings. The highest BCUT2D eigenvalue weighted by atomic mass is 35.5. The Morgan fingerprint density at radius 3 is 2.33 bits per heavy atom. The van der Waals surface area contributed by atoms with Gasteiger partial charge in [-0.25, -0.2) is 0 Å². The molecule has 2 rings (SSSR count). The van der Waals surface area contributed by atoms with E-state index in [1.807, 2.05) is 0 Å². The van der Waals surface area contributed by atoms with Gasteiger partial charge in [0.1, 0.15) is 11.5 Å². The van der Waals surface area contributed by atoms with Crippen LogP contribution in [0.4, 0.5) is 11.4 Å². The zero-order chi connectivity index (χ0) is 19.8. The van der Waals surface area contributed by atoms with E-state index in [1.165, 1.54) is 7.11 Å². The van der Waals surface area contributed by atoms with Crippen LogP contribution in [0.1, 0.15) is 0 Å². The maximum absolute atomic E-state index is 12.2. The van der Waals surface area contributed by atoms with E-state index in [4.69, 9.17) is 21.1 Å². The molecule has 2 aromatic rings. The lowest BCUT2D eigenvalue weighted by Crippen LogP contribution is -2.36. The fourth-order valence-corrected chi connectivity index (χ4v) is 2.59. The monoisotopic (exact) mass is 391 g/mol. The van der Waals surface area contributed by atoms with Crippen LogP contribution in [0.3, 0.4) is 0 Å².